The van der Waals surface area contributed by atoms with E-state index in [1.54, 1.807) is 26.8 Å². The highest BCUT2D eigenvalue weighted by Gasteiger charge is 2.53. The molecule has 3 heterocycles. The number of hydrogen-bond donors (Lipinski definition) is 3. The molecule has 0 aromatic rings. The molecule has 24 nitrogen and oxygen atoms in total. The first-order valence-electron chi connectivity index (χ1n) is 37.8. The second-order valence-corrected chi connectivity index (χ2v) is 32.6. The van der Waals surface area contributed by atoms with Crippen LogP contribution in [0.2, 0.25) is 0 Å². The van der Waals surface area contributed by atoms with Crippen molar-refractivity contribution in [3.8, 4) is 0 Å². The molecule has 31 heteroatoms. The largest absolute Gasteiger partial charge is 0.393 e. The SMILES string of the molecule is CC[C@H](C)[C@@H]1NC(=O)[C@H](CC(C)C)N(C)C(=O)C[C@@H](C(=O)N(C)C)N(C)C(=O)[C@H](C2CCCC2)N(C)C(=O)C2(CCCC2)NC(=O)[C@@H]2CCCN2C(=O)[C@H](CCC2CCC(C(F)(F)F)C(Cl)C2)NC(=O)CN(C)C(=O)[C@H](CC2CCC(C(F)(F)F)CC2)N2CC=C(C)C[C@@H](C2=O)N(C)C(=O)CN(C)C1=O. The van der Waals surface area contributed by atoms with Crippen LogP contribution in [0.25, 0.3) is 0 Å². The Balaban J connectivity index is 1.30. The molecule has 2 saturated heterocycles. The summed E-state index contributed by atoms with van der Waals surface area (Å²) in [7, 11) is 11.2. The standard InChI is InChI=1S/C74H115ClF6N12O12/c1-14-45(5)61-69(103)87(9)42-60(96)89(11)55-37-44(4)31-35-93(68(55)102)57(39-47-23-27-49(28-24-47)73(76,77)78)67(101)86(8)41-58(94)82-52(30-26-46-25-29-50(51(75)38-46)74(79,80)81)65(99)92-34-19-22-53(92)64(98)84-72(32-17-18-33-72)71(105)91(13)62(48-20-15-16-21-48)70(104)90(12)56(66(100)85(6)7)40-59(95)88(10)54(36-43(2)3)63(97)83-61/h31,43,45-57,61-62H,14-30,32-42H2,1-13H3,(H,82,94)(H,83,97)(H,84,98)/t45-,46?,47?,49?,50?,51?,52-,53-,54-,55-,56-,57-,61-,62-/m0/s1. The minimum Gasteiger partial charge on any atom is -0.347 e. The number of rotatable bonds is 11. The molecule has 1 spiro atoms. The fourth-order valence-electron chi connectivity index (χ4n) is 17.0. The van der Waals surface area contributed by atoms with Crippen LogP contribution in [-0.2, 0) is 57.5 Å². The number of fused-ring (bicyclic) bond motifs is 3. The number of nitrogens with one attached hydrogen (secondary N) is 3. The van der Waals surface area contributed by atoms with Crippen LogP contribution >= 0.6 is 11.6 Å². The minimum atomic E-state index is -4.56. The van der Waals surface area contributed by atoms with Crippen LogP contribution in [0.3, 0.4) is 0 Å². The van der Waals surface area contributed by atoms with Crippen molar-refractivity contribution in [2.24, 2.45) is 41.4 Å². The summed E-state index contributed by atoms with van der Waals surface area (Å²) in [4.78, 5) is 192. The summed E-state index contributed by atoms with van der Waals surface area (Å²) < 4.78 is 84.5. The predicted octanol–water partition coefficient (Wildman–Crippen LogP) is 7.05. The summed E-state index contributed by atoms with van der Waals surface area (Å²) in [5.41, 5.74) is -0.981. The molecule has 6 fully saturated rings. The Morgan fingerprint density at radius 2 is 1.25 bits per heavy atom. The van der Waals surface area contributed by atoms with Crippen molar-refractivity contribution in [3.05, 3.63) is 11.6 Å². The Kier molecular flexibility index (Phi) is 29.7. The molecule has 0 aromatic carbocycles. The Morgan fingerprint density at radius 3 is 1.83 bits per heavy atom. The molecule has 4 saturated carbocycles. The lowest BCUT2D eigenvalue weighted by atomic mass is 9.78. The lowest BCUT2D eigenvalue weighted by molar-refractivity contribution is -0.184. The number of halogens is 7. The van der Waals surface area contributed by atoms with E-state index in [0.29, 0.717) is 56.9 Å². The highest BCUT2D eigenvalue weighted by Crippen LogP contribution is 2.45. The summed E-state index contributed by atoms with van der Waals surface area (Å²) in [6.07, 6.45) is -4.29. The monoisotopic (exact) mass is 1510 g/mol. The number of alkyl halides is 7. The molecule has 3 unspecified atom stereocenters. The average molecular weight is 1510 g/mol. The van der Waals surface area contributed by atoms with Crippen molar-refractivity contribution >= 4 is 82.5 Å². The van der Waals surface area contributed by atoms with Gasteiger partial charge in [-0.1, -0.05) is 71.4 Å². The first kappa shape index (κ1) is 85.5. The third kappa shape index (κ3) is 20.9. The second kappa shape index (κ2) is 36.4. The van der Waals surface area contributed by atoms with Crippen LogP contribution in [0.4, 0.5) is 26.3 Å². The van der Waals surface area contributed by atoms with Gasteiger partial charge in [-0.3, -0.25) is 57.5 Å². The zero-order chi connectivity index (χ0) is 78.1. The summed E-state index contributed by atoms with van der Waals surface area (Å²) in [6, 6.07) is -10.6. The molecular formula is C74H115ClF6N12O12. The van der Waals surface area contributed by atoms with Crippen LogP contribution in [0.1, 0.15) is 189 Å². The molecule has 7 rings (SSSR count). The van der Waals surface area contributed by atoms with Gasteiger partial charge in [-0.15, -0.1) is 11.6 Å². The number of hydrogen-bond acceptors (Lipinski definition) is 12. The molecule has 7 aliphatic rings. The molecule has 4 aliphatic carbocycles. The van der Waals surface area contributed by atoms with Gasteiger partial charge in [0.15, 0.2) is 0 Å². The zero-order valence-corrected chi connectivity index (χ0v) is 64.4. The van der Waals surface area contributed by atoms with Crippen molar-refractivity contribution in [1.82, 2.24) is 60.0 Å². The molecule has 0 aromatic heterocycles. The maximum Gasteiger partial charge on any atom is 0.393 e. The smallest absolute Gasteiger partial charge is 0.347 e. The highest BCUT2D eigenvalue weighted by molar-refractivity contribution is 6.21. The van der Waals surface area contributed by atoms with E-state index in [4.69, 9.17) is 11.6 Å². The van der Waals surface area contributed by atoms with Crippen LogP contribution in [-0.4, -0.2) is 269 Å². The van der Waals surface area contributed by atoms with Gasteiger partial charge in [-0.25, -0.2) is 0 Å². The lowest BCUT2D eigenvalue weighted by Gasteiger charge is -2.42. The molecule has 0 radical (unpaired) electrons. The Bertz CT molecular complexity index is 3180. The Labute approximate surface area is 619 Å². The number of amides is 12. The van der Waals surface area contributed by atoms with Gasteiger partial charge in [0.1, 0.15) is 53.9 Å². The maximum atomic E-state index is 15.6. The number of nitrogens with zero attached hydrogens (tertiary/aromatic N) is 9. The first-order valence-corrected chi connectivity index (χ1v) is 38.3. The van der Waals surface area contributed by atoms with Crippen LogP contribution < -0.4 is 16.0 Å². The van der Waals surface area contributed by atoms with Crippen LogP contribution in [0.5, 0.6) is 0 Å². The molecule has 592 valence electrons. The van der Waals surface area contributed by atoms with E-state index < -0.39 is 198 Å². The van der Waals surface area contributed by atoms with Crippen molar-refractivity contribution in [3.63, 3.8) is 0 Å². The van der Waals surface area contributed by atoms with E-state index in [1.165, 1.54) is 85.8 Å². The van der Waals surface area contributed by atoms with E-state index in [2.05, 4.69) is 16.0 Å². The molecular weight excluding hydrogens is 1400 g/mol. The van der Waals surface area contributed by atoms with Gasteiger partial charge < -0.3 is 60.0 Å². The third-order valence-electron chi connectivity index (χ3n) is 23.9. The van der Waals surface area contributed by atoms with Gasteiger partial charge in [0, 0.05) is 74.8 Å². The summed E-state index contributed by atoms with van der Waals surface area (Å²) >= 11 is 6.40. The fourth-order valence-corrected chi connectivity index (χ4v) is 17.6. The minimum absolute atomic E-state index is 0.00390. The van der Waals surface area contributed by atoms with Gasteiger partial charge in [0.2, 0.25) is 70.9 Å². The zero-order valence-electron chi connectivity index (χ0n) is 63.7. The molecule has 2 bridgehead atoms. The van der Waals surface area contributed by atoms with E-state index in [9.17, 15) is 55.1 Å². The molecule has 3 N–H and O–H groups in total. The van der Waals surface area contributed by atoms with E-state index in [1.807, 2.05) is 13.8 Å². The van der Waals surface area contributed by atoms with E-state index in [0.717, 1.165) is 14.7 Å². The summed E-state index contributed by atoms with van der Waals surface area (Å²) in [5, 5.41) is 7.41. The van der Waals surface area contributed by atoms with Crippen LogP contribution in [0.15, 0.2) is 11.6 Å². The van der Waals surface area contributed by atoms with Crippen LogP contribution in [0, 0.1) is 41.4 Å². The van der Waals surface area contributed by atoms with Gasteiger partial charge in [0.25, 0.3) is 0 Å². The number of carbonyl (C=O) groups is 12. The first-order chi connectivity index (χ1) is 49.1. The van der Waals surface area contributed by atoms with Gasteiger partial charge in [-0.2, -0.15) is 26.3 Å². The van der Waals surface area contributed by atoms with Crippen molar-refractivity contribution in [2.75, 3.05) is 82.6 Å². The molecule has 105 heavy (non-hydrogen) atoms. The quantitative estimate of drug-likeness (QED) is 0.107. The van der Waals surface area contributed by atoms with Crippen molar-refractivity contribution in [2.45, 2.75) is 260 Å². The highest BCUT2D eigenvalue weighted by atomic mass is 35.5. The number of likely N-dealkylation sites (N-methyl/N-ethyl adjacent to an activating group) is 7. The van der Waals surface area contributed by atoms with Gasteiger partial charge in [-0.05, 0) is 152 Å². The number of carbonyl (C=O) groups excluding carboxylic acids is 12. The topological polar surface area (TPSA) is 270 Å². The molecule has 3 aliphatic heterocycles. The molecule has 12 amide bonds. The van der Waals surface area contributed by atoms with Gasteiger partial charge in [0.05, 0.1) is 31.3 Å². The normalized spacial score (nSPS) is 30.9. The summed E-state index contributed by atoms with van der Waals surface area (Å²) in [5.74, 6) is -14.1. The van der Waals surface area contributed by atoms with Crippen molar-refractivity contribution < 1.29 is 83.9 Å². The van der Waals surface area contributed by atoms with Crippen molar-refractivity contribution in [1.29, 1.82) is 0 Å². The maximum absolute atomic E-state index is 15.6. The predicted molar refractivity (Wildman–Crippen MR) is 379 cm³/mol. The average Bonchev–Trinajstić information content (AvgIpc) is 1.68. The second-order valence-electron chi connectivity index (χ2n) is 32.0. The summed E-state index contributed by atoms with van der Waals surface area (Å²) in [6.45, 7) is 7.34. The van der Waals surface area contributed by atoms with Gasteiger partial charge >= 0.3 is 12.4 Å². The Hall–Kier alpha value is -6.75. The lowest BCUT2D eigenvalue weighted by Crippen LogP contribution is -2.65. The third-order valence-corrected chi connectivity index (χ3v) is 24.3. The fraction of sp³-hybridized carbons (Fsp3) is 0.811. The Morgan fingerprint density at radius 1 is 0.629 bits per heavy atom. The molecule has 12 atom stereocenters. The van der Waals surface area contributed by atoms with E-state index >= 15 is 28.8 Å². The van der Waals surface area contributed by atoms with E-state index in [-0.39, 0.29) is 115 Å².